The summed E-state index contributed by atoms with van der Waals surface area (Å²) in [4.78, 5) is 8.17. The van der Waals surface area contributed by atoms with Crippen LogP contribution < -0.4 is 5.32 Å². The SMILES string of the molecule is CC(C)NC1(CO)CCC(Sc2ccncn2)C1. The predicted octanol–water partition coefficient (Wildman–Crippen LogP) is 1.85. The molecule has 2 unspecified atom stereocenters. The number of rotatable bonds is 5. The smallest absolute Gasteiger partial charge is 0.116 e. The van der Waals surface area contributed by atoms with E-state index in [4.69, 9.17) is 0 Å². The molecule has 1 saturated carbocycles. The van der Waals surface area contributed by atoms with Gasteiger partial charge in [0.2, 0.25) is 0 Å². The van der Waals surface area contributed by atoms with Crippen molar-refractivity contribution in [3.8, 4) is 0 Å². The first-order valence-electron chi connectivity index (χ1n) is 6.45. The number of nitrogens with one attached hydrogen (secondary N) is 1. The standard InChI is InChI=1S/C13H21N3OS/c1-10(2)16-13(8-17)5-3-11(7-13)18-12-4-6-14-9-15-12/h4,6,9-11,16-17H,3,5,7-8H2,1-2H3. The molecule has 2 N–H and O–H groups in total. The molecule has 1 aromatic heterocycles. The van der Waals surface area contributed by atoms with Gasteiger partial charge in [-0.15, -0.1) is 11.8 Å². The van der Waals surface area contributed by atoms with Crippen molar-refractivity contribution in [2.75, 3.05) is 6.61 Å². The molecule has 1 heterocycles. The molecular formula is C13H21N3OS. The molecule has 1 aliphatic carbocycles. The number of nitrogens with zero attached hydrogens (tertiary/aromatic N) is 2. The molecule has 100 valence electrons. The molecule has 0 radical (unpaired) electrons. The highest BCUT2D eigenvalue weighted by Gasteiger charge is 2.39. The molecule has 0 aliphatic heterocycles. The third-order valence-electron chi connectivity index (χ3n) is 3.30. The lowest BCUT2D eigenvalue weighted by Crippen LogP contribution is -2.49. The average Bonchev–Trinajstić information content (AvgIpc) is 2.73. The summed E-state index contributed by atoms with van der Waals surface area (Å²) in [5, 5.41) is 14.7. The van der Waals surface area contributed by atoms with Crippen molar-refractivity contribution in [1.82, 2.24) is 15.3 Å². The molecule has 0 amide bonds. The average molecular weight is 267 g/mol. The lowest BCUT2D eigenvalue weighted by Gasteiger charge is -2.31. The highest BCUT2D eigenvalue weighted by Crippen LogP contribution is 2.39. The minimum Gasteiger partial charge on any atom is -0.394 e. The quantitative estimate of drug-likeness (QED) is 0.797. The molecule has 0 aromatic carbocycles. The van der Waals surface area contributed by atoms with E-state index in [0.29, 0.717) is 11.3 Å². The molecule has 1 fully saturated rings. The highest BCUT2D eigenvalue weighted by atomic mass is 32.2. The van der Waals surface area contributed by atoms with Crippen LogP contribution in [-0.2, 0) is 0 Å². The summed E-state index contributed by atoms with van der Waals surface area (Å²) in [6.45, 7) is 4.47. The van der Waals surface area contributed by atoms with E-state index in [1.165, 1.54) is 0 Å². The van der Waals surface area contributed by atoms with Gasteiger partial charge in [0.1, 0.15) is 6.33 Å². The van der Waals surface area contributed by atoms with Crippen molar-refractivity contribution in [2.45, 2.75) is 55.0 Å². The van der Waals surface area contributed by atoms with Crippen LogP contribution in [0, 0.1) is 0 Å². The molecule has 5 heteroatoms. The molecule has 18 heavy (non-hydrogen) atoms. The van der Waals surface area contributed by atoms with E-state index < -0.39 is 0 Å². The lowest BCUT2D eigenvalue weighted by molar-refractivity contribution is 0.156. The first kappa shape index (κ1) is 13.8. The second-order valence-electron chi connectivity index (χ2n) is 5.27. The number of hydrogen-bond acceptors (Lipinski definition) is 5. The molecule has 1 aliphatic rings. The fraction of sp³-hybridized carbons (Fsp3) is 0.692. The first-order valence-corrected chi connectivity index (χ1v) is 7.33. The van der Waals surface area contributed by atoms with E-state index in [-0.39, 0.29) is 12.1 Å². The van der Waals surface area contributed by atoms with Gasteiger partial charge in [0.05, 0.1) is 11.6 Å². The lowest BCUT2D eigenvalue weighted by atomic mass is 9.98. The van der Waals surface area contributed by atoms with Gasteiger partial charge in [-0.25, -0.2) is 9.97 Å². The number of aliphatic hydroxyl groups is 1. The van der Waals surface area contributed by atoms with Crippen LogP contribution in [0.1, 0.15) is 33.1 Å². The maximum Gasteiger partial charge on any atom is 0.116 e. The van der Waals surface area contributed by atoms with Crippen molar-refractivity contribution in [1.29, 1.82) is 0 Å². The van der Waals surface area contributed by atoms with Crippen molar-refractivity contribution in [3.63, 3.8) is 0 Å². The Balaban J connectivity index is 1.94. The first-order chi connectivity index (χ1) is 8.63. The Kier molecular flexibility index (Phi) is 4.59. The van der Waals surface area contributed by atoms with Crippen LogP contribution in [0.3, 0.4) is 0 Å². The van der Waals surface area contributed by atoms with Crippen molar-refractivity contribution < 1.29 is 5.11 Å². The van der Waals surface area contributed by atoms with Gasteiger partial charge in [0.25, 0.3) is 0 Å². The zero-order valence-corrected chi connectivity index (χ0v) is 11.8. The topological polar surface area (TPSA) is 58.0 Å². The molecule has 2 atom stereocenters. The summed E-state index contributed by atoms with van der Waals surface area (Å²) < 4.78 is 0. The molecule has 4 nitrogen and oxygen atoms in total. The van der Waals surface area contributed by atoms with Crippen LogP contribution in [0.15, 0.2) is 23.6 Å². The van der Waals surface area contributed by atoms with Crippen molar-refractivity contribution in [2.24, 2.45) is 0 Å². The zero-order valence-electron chi connectivity index (χ0n) is 11.0. The zero-order chi connectivity index (χ0) is 13.0. The number of aliphatic hydroxyl groups excluding tert-OH is 1. The Bertz CT molecular complexity index is 374. The second kappa shape index (κ2) is 5.99. The van der Waals surface area contributed by atoms with E-state index in [0.717, 1.165) is 24.3 Å². The Morgan fingerprint density at radius 2 is 2.44 bits per heavy atom. The Morgan fingerprint density at radius 3 is 3.06 bits per heavy atom. The van der Waals surface area contributed by atoms with Crippen LogP contribution in [0.5, 0.6) is 0 Å². The summed E-state index contributed by atoms with van der Waals surface area (Å²) in [5.41, 5.74) is -0.0983. The van der Waals surface area contributed by atoms with Crippen molar-refractivity contribution >= 4 is 11.8 Å². The van der Waals surface area contributed by atoms with Crippen LogP contribution >= 0.6 is 11.8 Å². The van der Waals surface area contributed by atoms with Gasteiger partial charge >= 0.3 is 0 Å². The van der Waals surface area contributed by atoms with Gasteiger partial charge in [-0.1, -0.05) is 13.8 Å². The molecule has 1 aromatic rings. The van der Waals surface area contributed by atoms with Crippen LogP contribution in [0.4, 0.5) is 0 Å². The molecular weight excluding hydrogens is 246 g/mol. The van der Waals surface area contributed by atoms with E-state index in [1.807, 2.05) is 6.07 Å². The summed E-state index contributed by atoms with van der Waals surface area (Å²) >= 11 is 1.79. The fourth-order valence-electron chi connectivity index (χ4n) is 2.63. The fourth-order valence-corrected chi connectivity index (χ4v) is 3.86. The van der Waals surface area contributed by atoms with Crippen LogP contribution in [-0.4, -0.2) is 38.5 Å². The van der Waals surface area contributed by atoms with Gasteiger partial charge in [0, 0.05) is 23.0 Å². The number of aromatic nitrogens is 2. The van der Waals surface area contributed by atoms with E-state index in [9.17, 15) is 5.11 Å². The van der Waals surface area contributed by atoms with Gasteiger partial charge in [-0.2, -0.15) is 0 Å². The molecule has 0 saturated heterocycles. The second-order valence-corrected chi connectivity index (χ2v) is 6.59. The van der Waals surface area contributed by atoms with Crippen molar-refractivity contribution in [3.05, 3.63) is 18.6 Å². The van der Waals surface area contributed by atoms with Gasteiger partial charge in [-0.3, -0.25) is 0 Å². The highest BCUT2D eigenvalue weighted by molar-refractivity contribution is 7.99. The van der Waals surface area contributed by atoms with E-state index in [1.54, 1.807) is 24.3 Å². The van der Waals surface area contributed by atoms with Gasteiger partial charge in [-0.05, 0) is 25.3 Å². The summed E-state index contributed by atoms with van der Waals surface area (Å²) in [6.07, 6.45) is 6.51. The largest absolute Gasteiger partial charge is 0.394 e. The maximum atomic E-state index is 9.65. The third-order valence-corrected chi connectivity index (χ3v) is 4.52. The van der Waals surface area contributed by atoms with Crippen LogP contribution in [0.25, 0.3) is 0 Å². The maximum absolute atomic E-state index is 9.65. The minimum atomic E-state index is -0.0983. The minimum absolute atomic E-state index is 0.0983. The summed E-state index contributed by atoms with van der Waals surface area (Å²) in [6, 6.07) is 2.35. The number of hydrogen-bond donors (Lipinski definition) is 2. The molecule has 0 spiro atoms. The Labute approximate surface area is 113 Å². The monoisotopic (exact) mass is 267 g/mol. The Hall–Kier alpha value is -0.650. The third kappa shape index (κ3) is 3.43. The predicted molar refractivity (Wildman–Crippen MR) is 73.6 cm³/mol. The van der Waals surface area contributed by atoms with Crippen LogP contribution in [0.2, 0.25) is 0 Å². The normalized spacial score (nSPS) is 27.9. The number of thioether (sulfide) groups is 1. The summed E-state index contributed by atoms with van der Waals surface area (Å²) in [5.74, 6) is 0. The van der Waals surface area contributed by atoms with E-state index in [2.05, 4.69) is 29.1 Å². The van der Waals surface area contributed by atoms with Gasteiger partial charge in [0.15, 0.2) is 0 Å². The van der Waals surface area contributed by atoms with Gasteiger partial charge < -0.3 is 10.4 Å². The molecule has 2 rings (SSSR count). The van der Waals surface area contributed by atoms with E-state index >= 15 is 0 Å². The molecule has 0 bridgehead atoms. The summed E-state index contributed by atoms with van der Waals surface area (Å²) in [7, 11) is 0. The Morgan fingerprint density at radius 1 is 1.61 bits per heavy atom.